The Morgan fingerprint density at radius 1 is 0.921 bits per heavy atom. The van der Waals surface area contributed by atoms with Crippen molar-refractivity contribution in [1.82, 2.24) is 10.2 Å². The number of hydrogen-bond acceptors (Lipinski definition) is 3. The molecule has 1 N–H and O–H groups in total. The number of thioether (sulfide) groups is 1. The first kappa shape index (κ1) is 28.4. The van der Waals surface area contributed by atoms with E-state index in [1.165, 1.54) is 24.2 Å². The number of nitrogens with zero attached hydrogens (tertiary/aromatic N) is 1. The standard InChI is InChI=1S/C31H34BrFN2O2S/c32-26-17-15-24(16-18-26)21-38-22-30(36)35(20-25-11-7-8-14-28(25)33)29(19-23-9-3-1-4-10-23)31(37)34-27-12-5-2-6-13-27/h1,3-4,7-11,14-18,27,29H,2,5-6,12-13,19-22H2,(H,34,37). The van der Waals surface area contributed by atoms with Gasteiger partial charge in [-0.25, -0.2) is 4.39 Å². The van der Waals surface area contributed by atoms with E-state index in [-0.39, 0.29) is 36.0 Å². The van der Waals surface area contributed by atoms with Gasteiger partial charge < -0.3 is 10.2 Å². The molecule has 1 aliphatic carbocycles. The molecule has 1 saturated carbocycles. The van der Waals surface area contributed by atoms with Crippen LogP contribution in [0.25, 0.3) is 0 Å². The summed E-state index contributed by atoms with van der Waals surface area (Å²) in [5.74, 6) is 0.161. The maximum absolute atomic E-state index is 14.7. The molecule has 1 atom stereocenters. The second-order valence-corrected chi connectivity index (χ2v) is 11.7. The lowest BCUT2D eigenvalue weighted by Crippen LogP contribution is -2.53. The van der Waals surface area contributed by atoms with E-state index < -0.39 is 6.04 Å². The Bertz CT molecular complexity index is 1190. The summed E-state index contributed by atoms with van der Waals surface area (Å²) in [6.45, 7) is 0.0416. The van der Waals surface area contributed by atoms with Crippen molar-refractivity contribution >= 4 is 39.5 Å². The fraction of sp³-hybridized carbons (Fsp3) is 0.355. The number of amides is 2. The Hall–Kier alpha value is -2.64. The average Bonchev–Trinajstić information content (AvgIpc) is 2.93. The van der Waals surface area contributed by atoms with E-state index in [2.05, 4.69) is 21.2 Å². The molecule has 1 fully saturated rings. The molecule has 0 saturated heterocycles. The van der Waals surface area contributed by atoms with E-state index in [1.54, 1.807) is 23.1 Å². The van der Waals surface area contributed by atoms with Crippen LogP contribution in [0.2, 0.25) is 0 Å². The van der Waals surface area contributed by atoms with Gasteiger partial charge in [-0.1, -0.05) is 95.9 Å². The molecular formula is C31H34BrFN2O2S. The van der Waals surface area contributed by atoms with Gasteiger partial charge in [-0.3, -0.25) is 9.59 Å². The molecule has 4 nitrogen and oxygen atoms in total. The third-order valence-electron chi connectivity index (χ3n) is 6.93. The van der Waals surface area contributed by atoms with Gasteiger partial charge in [-0.05, 0) is 42.2 Å². The van der Waals surface area contributed by atoms with Gasteiger partial charge in [0.05, 0.1) is 5.75 Å². The van der Waals surface area contributed by atoms with Crippen LogP contribution < -0.4 is 5.32 Å². The van der Waals surface area contributed by atoms with Crippen molar-refractivity contribution < 1.29 is 14.0 Å². The van der Waals surface area contributed by atoms with Crippen LogP contribution in [0.3, 0.4) is 0 Å². The van der Waals surface area contributed by atoms with Gasteiger partial charge in [0.2, 0.25) is 11.8 Å². The first-order chi connectivity index (χ1) is 18.5. The molecule has 1 aliphatic rings. The Labute approximate surface area is 237 Å². The lowest BCUT2D eigenvalue weighted by molar-refractivity contribution is -0.139. The lowest BCUT2D eigenvalue weighted by Gasteiger charge is -2.33. The molecule has 0 bridgehead atoms. The van der Waals surface area contributed by atoms with Crippen LogP contribution in [0.1, 0.15) is 48.8 Å². The number of hydrogen-bond donors (Lipinski definition) is 1. The lowest BCUT2D eigenvalue weighted by atomic mass is 9.94. The SMILES string of the molecule is O=C(NC1CCCCC1)C(Cc1ccccc1)N(Cc1ccccc1F)C(=O)CSCc1ccc(Br)cc1. The van der Waals surface area contributed by atoms with Crippen molar-refractivity contribution in [2.75, 3.05) is 5.75 Å². The minimum Gasteiger partial charge on any atom is -0.352 e. The zero-order valence-corrected chi connectivity index (χ0v) is 23.9. The summed E-state index contributed by atoms with van der Waals surface area (Å²) >= 11 is 4.95. The average molecular weight is 598 g/mol. The van der Waals surface area contributed by atoms with Crippen LogP contribution in [0.5, 0.6) is 0 Å². The van der Waals surface area contributed by atoms with Crippen LogP contribution in [-0.4, -0.2) is 34.6 Å². The van der Waals surface area contributed by atoms with E-state index in [9.17, 15) is 14.0 Å². The Kier molecular flexibility index (Phi) is 10.8. The van der Waals surface area contributed by atoms with Crippen molar-refractivity contribution in [2.24, 2.45) is 0 Å². The topological polar surface area (TPSA) is 49.4 Å². The molecule has 0 radical (unpaired) electrons. The number of carbonyl (C=O) groups excluding carboxylic acids is 2. The second kappa shape index (κ2) is 14.5. The highest BCUT2D eigenvalue weighted by Crippen LogP contribution is 2.22. The maximum atomic E-state index is 14.7. The number of benzene rings is 3. The molecule has 2 amide bonds. The van der Waals surface area contributed by atoms with Crippen molar-refractivity contribution in [3.63, 3.8) is 0 Å². The summed E-state index contributed by atoms with van der Waals surface area (Å²) in [5.41, 5.74) is 2.48. The molecular weight excluding hydrogens is 563 g/mol. The van der Waals surface area contributed by atoms with E-state index in [4.69, 9.17) is 0 Å². The zero-order chi connectivity index (χ0) is 26.7. The maximum Gasteiger partial charge on any atom is 0.243 e. The highest BCUT2D eigenvalue weighted by molar-refractivity contribution is 9.10. The van der Waals surface area contributed by atoms with E-state index >= 15 is 0 Å². The van der Waals surface area contributed by atoms with E-state index in [1.807, 2.05) is 54.6 Å². The Morgan fingerprint density at radius 2 is 1.61 bits per heavy atom. The van der Waals surface area contributed by atoms with Gasteiger partial charge in [-0.15, -0.1) is 11.8 Å². The molecule has 0 aliphatic heterocycles. The van der Waals surface area contributed by atoms with Gasteiger partial charge in [0.25, 0.3) is 0 Å². The van der Waals surface area contributed by atoms with E-state index in [0.717, 1.165) is 41.3 Å². The van der Waals surface area contributed by atoms with Gasteiger partial charge >= 0.3 is 0 Å². The van der Waals surface area contributed by atoms with Crippen molar-refractivity contribution in [2.45, 2.75) is 62.9 Å². The molecule has 4 rings (SSSR count). The predicted octanol–water partition coefficient (Wildman–Crippen LogP) is 6.91. The van der Waals surface area contributed by atoms with Crippen LogP contribution in [0.15, 0.2) is 83.3 Å². The van der Waals surface area contributed by atoms with Crippen molar-refractivity contribution in [3.05, 3.63) is 106 Å². The first-order valence-corrected chi connectivity index (χ1v) is 15.1. The number of halogens is 2. The van der Waals surface area contributed by atoms with Gasteiger partial charge in [0.1, 0.15) is 11.9 Å². The van der Waals surface area contributed by atoms with Crippen molar-refractivity contribution in [3.8, 4) is 0 Å². The quantitative estimate of drug-likeness (QED) is 0.261. The summed E-state index contributed by atoms with van der Waals surface area (Å²) in [6.07, 6.45) is 5.66. The third-order valence-corrected chi connectivity index (χ3v) is 8.45. The zero-order valence-electron chi connectivity index (χ0n) is 21.5. The largest absolute Gasteiger partial charge is 0.352 e. The molecule has 200 valence electrons. The summed E-state index contributed by atoms with van der Waals surface area (Å²) < 4.78 is 15.7. The molecule has 0 spiro atoms. The van der Waals surface area contributed by atoms with E-state index in [0.29, 0.717) is 17.7 Å². The van der Waals surface area contributed by atoms with Crippen LogP contribution in [-0.2, 0) is 28.3 Å². The number of nitrogens with one attached hydrogen (secondary N) is 1. The monoisotopic (exact) mass is 596 g/mol. The fourth-order valence-corrected chi connectivity index (χ4v) is 5.96. The summed E-state index contributed by atoms with van der Waals surface area (Å²) in [4.78, 5) is 29.1. The minimum absolute atomic E-state index is 0.0416. The van der Waals surface area contributed by atoms with Gasteiger partial charge in [0.15, 0.2) is 0 Å². The van der Waals surface area contributed by atoms with Gasteiger partial charge in [-0.2, -0.15) is 0 Å². The minimum atomic E-state index is -0.736. The third kappa shape index (κ3) is 8.43. The predicted molar refractivity (Wildman–Crippen MR) is 156 cm³/mol. The number of carbonyl (C=O) groups is 2. The highest BCUT2D eigenvalue weighted by Gasteiger charge is 2.32. The van der Waals surface area contributed by atoms with Crippen LogP contribution >= 0.6 is 27.7 Å². The Morgan fingerprint density at radius 3 is 2.32 bits per heavy atom. The Balaban J connectivity index is 1.56. The molecule has 1 unspecified atom stereocenters. The molecule has 0 heterocycles. The number of rotatable bonds is 11. The second-order valence-electron chi connectivity index (χ2n) is 9.78. The normalized spacial score (nSPS) is 14.6. The van der Waals surface area contributed by atoms with Gasteiger partial charge in [0, 0.05) is 34.8 Å². The summed E-state index contributed by atoms with van der Waals surface area (Å²) in [6, 6.07) is 23.6. The molecule has 38 heavy (non-hydrogen) atoms. The van der Waals surface area contributed by atoms with Crippen LogP contribution in [0, 0.1) is 5.82 Å². The summed E-state index contributed by atoms with van der Waals surface area (Å²) in [5, 5.41) is 3.22. The highest BCUT2D eigenvalue weighted by atomic mass is 79.9. The fourth-order valence-electron chi connectivity index (χ4n) is 4.83. The van der Waals surface area contributed by atoms with Crippen LogP contribution in [0.4, 0.5) is 4.39 Å². The molecule has 3 aromatic rings. The molecule has 3 aromatic carbocycles. The smallest absolute Gasteiger partial charge is 0.243 e. The summed E-state index contributed by atoms with van der Waals surface area (Å²) in [7, 11) is 0. The van der Waals surface area contributed by atoms with Crippen molar-refractivity contribution in [1.29, 1.82) is 0 Å². The first-order valence-electron chi connectivity index (χ1n) is 13.2. The molecule has 7 heteroatoms. The molecule has 0 aromatic heterocycles.